The molecule has 0 fully saturated rings. The fourth-order valence-electron chi connectivity index (χ4n) is 2.69. The third-order valence-electron chi connectivity index (χ3n) is 3.97. The number of thioether (sulfide) groups is 1. The average Bonchev–Trinajstić information content (AvgIpc) is 3.01. The number of carbonyl (C=O) groups is 1. The van der Waals surface area contributed by atoms with Crippen molar-refractivity contribution in [1.29, 1.82) is 0 Å². The van der Waals surface area contributed by atoms with Gasteiger partial charge in [0.2, 0.25) is 5.91 Å². The second kappa shape index (κ2) is 7.99. The average molecular weight is 347 g/mol. The predicted molar refractivity (Wildman–Crippen MR) is 98.2 cm³/mol. The zero-order valence-electron chi connectivity index (χ0n) is 13.4. The molecule has 3 nitrogen and oxygen atoms in total. The summed E-state index contributed by atoms with van der Waals surface area (Å²) in [6.07, 6.45) is 1.07. The van der Waals surface area contributed by atoms with Crippen molar-refractivity contribution in [2.45, 2.75) is 24.8 Å². The lowest BCUT2D eigenvalue weighted by Gasteiger charge is -2.26. The van der Waals surface area contributed by atoms with Gasteiger partial charge in [-0.3, -0.25) is 9.69 Å². The quantitative estimate of drug-likeness (QED) is 0.643. The molecule has 5 heteroatoms. The van der Waals surface area contributed by atoms with E-state index < -0.39 is 0 Å². The number of fused-ring (bicyclic) bond motifs is 1. The van der Waals surface area contributed by atoms with E-state index in [1.165, 1.54) is 20.9 Å². The Morgan fingerprint density at radius 1 is 1.30 bits per heavy atom. The summed E-state index contributed by atoms with van der Waals surface area (Å²) in [5.74, 6) is 1.04. The van der Waals surface area contributed by atoms with Crippen LogP contribution in [0, 0.1) is 6.92 Å². The molecule has 0 saturated heterocycles. The van der Waals surface area contributed by atoms with Crippen LogP contribution in [0.1, 0.15) is 16.0 Å². The van der Waals surface area contributed by atoms with Crippen molar-refractivity contribution in [2.24, 2.45) is 0 Å². The Bertz CT molecular complexity index is 651. The Labute approximate surface area is 146 Å². The number of aryl methyl sites for hydroxylation is 1. The molecule has 0 saturated carbocycles. The molecule has 1 amide bonds. The summed E-state index contributed by atoms with van der Waals surface area (Å²) in [6.45, 7) is 5.21. The maximum atomic E-state index is 12.1. The highest BCUT2D eigenvalue weighted by Gasteiger charge is 2.18. The lowest BCUT2D eigenvalue weighted by atomic mass is 10.1. The number of hydrogen-bond acceptors (Lipinski definition) is 4. The lowest BCUT2D eigenvalue weighted by molar-refractivity contribution is -0.122. The van der Waals surface area contributed by atoms with E-state index in [9.17, 15) is 4.79 Å². The Morgan fingerprint density at radius 2 is 2.13 bits per heavy atom. The number of carbonyl (C=O) groups excluding carboxylic acids is 1. The molecule has 2 heterocycles. The van der Waals surface area contributed by atoms with Crippen molar-refractivity contribution in [3.8, 4) is 0 Å². The first-order valence-electron chi connectivity index (χ1n) is 7.94. The molecule has 23 heavy (non-hydrogen) atoms. The summed E-state index contributed by atoms with van der Waals surface area (Å²) >= 11 is 3.61. The van der Waals surface area contributed by atoms with Crippen LogP contribution in [-0.2, 0) is 17.8 Å². The summed E-state index contributed by atoms with van der Waals surface area (Å²) in [5.41, 5.74) is 2.67. The van der Waals surface area contributed by atoms with E-state index in [-0.39, 0.29) is 5.91 Å². The Kier molecular flexibility index (Phi) is 5.75. The first-order chi connectivity index (χ1) is 11.2. The topological polar surface area (TPSA) is 32.3 Å². The van der Waals surface area contributed by atoms with Gasteiger partial charge >= 0.3 is 0 Å². The molecule has 0 spiro atoms. The van der Waals surface area contributed by atoms with Gasteiger partial charge in [-0.15, -0.1) is 23.1 Å². The molecule has 1 aliphatic heterocycles. The molecule has 0 radical (unpaired) electrons. The van der Waals surface area contributed by atoms with Crippen LogP contribution in [-0.4, -0.2) is 36.2 Å². The van der Waals surface area contributed by atoms with Crippen LogP contribution in [0.15, 0.2) is 40.6 Å². The minimum atomic E-state index is 0.133. The number of benzene rings is 1. The molecule has 0 atom stereocenters. The molecular weight excluding hydrogens is 324 g/mol. The molecular formula is C18H22N2OS2. The van der Waals surface area contributed by atoms with Crippen LogP contribution in [0.25, 0.3) is 0 Å². The van der Waals surface area contributed by atoms with Gasteiger partial charge in [0.25, 0.3) is 0 Å². The standard InChI is InChI=1S/C18H22N2OS2/c1-14-2-4-16(5-3-14)22-11-8-19-18(21)13-20-9-6-17-15(12-20)7-10-23-17/h2-5,7,10H,6,8-9,11-13H2,1H3,(H,19,21). The van der Waals surface area contributed by atoms with Gasteiger partial charge in [0.05, 0.1) is 6.54 Å². The smallest absolute Gasteiger partial charge is 0.234 e. The summed E-state index contributed by atoms with van der Waals surface area (Å²) in [6, 6.07) is 10.7. The van der Waals surface area contributed by atoms with Crippen LogP contribution in [0.3, 0.4) is 0 Å². The van der Waals surface area contributed by atoms with Gasteiger partial charge in [-0.1, -0.05) is 17.7 Å². The molecule has 2 aromatic rings. The summed E-state index contributed by atoms with van der Waals surface area (Å²) in [5, 5.41) is 5.18. The largest absolute Gasteiger partial charge is 0.354 e. The summed E-state index contributed by atoms with van der Waals surface area (Å²) < 4.78 is 0. The van der Waals surface area contributed by atoms with Gasteiger partial charge in [0.15, 0.2) is 0 Å². The number of amides is 1. The van der Waals surface area contributed by atoms with Crippen LogP contribution >= 0.6 is 23.1 Å². The van der Waals surface area contributed by atoms with Crippen LogP contribution in [0.2, 0.25) is 0 Å². The molecule has 122 valence electrons. The van der Waals surface area contributed by atoms with Crippen molar-refractivity contribution in [2.75, 3.05) is 25.4 Å². The maximum absolute atomic E-state index is 12.1. The molecule has 1 aromatic heterocycles. The fourth-order valence-corrected chi connectivity index (χ4v) is 4.35. The highest BCUT2D eigenvalue weighted by atomic mass is 32.2. The van der Waals surface area contributed by atoms with E-state index in [4.69, 9.17) is 0 Å². The molecule has 1 aliphatic rings. The first kappa shape index (κ1) is 16.6. The third-order valence-corrected chi connectivity index (χ3v) is 6.00. The number of rotatable bonds is 6. The van der Waals surface area contributed by atoms with E-state index in [1.807, 2.05) is 11.3 Å². The second-order valence-electron chi connectivity index (χ2n) is 5.84. The molecule has 0 unspecified atom stereocenters. The van der Waals surface area contributed by atoms with E-state index in [2.05, 4.69) is 52.9 Å². The van der Waals surface area contributed by atoms with Crippen molar-refractivity contribution >= 4 is 29.0 Å². The van der Waals surface area contributed by atoms with Crippen LogP contribution in [0.4, 0.5) is 0 Å². The zero-order valence-corrected chi connectivity index (χ0v) is 15.0. The van der Waals surface area contributed by atoms with Crippen molar-refractivity contribution in [3.63, 3.8) is 0 Å². The second-order valence-corrected chi connectivity index (χ2v) is 8.01. The highest BCUT2D eigenvalue weighted by Crippen LogP contribution is 2.23. The van der Waals surface area contributed by atoms with Gasteiger partial charge < -0.3 is 5.32 Å². The van der Waals surface area contributed by atoms with Gasteiger partial charge in [0, 0.05) is 35.2 Å². The number of thiophene rings is 1. The van der Waals surface area contributed by atoms with E-state index in [1.54, 1.807) is 11.8 Å². The minimum Gasteiger partial charge on any atom is -0.354 e. The lowest BCUT2D eigenvalue weighted by Crippen LogP contribution is -2.40. The SMILES string of the molecule is Cc1ccc(SCCNC(=O)CN2CCc3sccc3C2)cc1. The zero-order chi connectivity index (χ0) is 16.1. The fraction of sp³-hybridized carbons (Fsp3) is 0.389. The molecule has 1 N–H and O–H groups in total. The van der Waals surface area contributed by atoms with Crippen molar-refractivity contribution < 1.29 is 4.79 Å². The van der Waals surface area contributed by atoms with Crippen LogP contribution in [0.5, 0.6) is 0 Å². The van der Waals surface area contributed by atoms with E-state index in [0.717, 1.165) is 31.8 Å². The normalized spacial score (nSPS) is 14.5. The third kappa shape index (κ3) is 4.83. The molecule has 0 bridgehead atoms. The molecule has 0 aliphatic carbocycles. The van der Waals surface area contributed by atoms with Crippen molar-refractivity contribution in [1.82, 2.24) is 10.2 Å². The van der Waals surface area contributed by atoms with Crippen LogP contribution < -0.4 is 5.32 Å². The molecule has 3 rings (SSSR count). The van der Waals surface area contributed by atoms with E-state index >= 15 is 0 Å². The Balaban J connectivity index is 1.35. The van der Waals surface area contributed by atoms with Gasteiger partial charge in [-0.05, 0) is 42.5 Å². The first-order valence-corrected chi connectivity index (χ1v) is 9.81. The Hall–Kier alpha value is -1.30. The van der Waals surface area contributed by atoms with Crippen molar-refractivity contribution in [3.05, 3.63) is 51.7 Å². The molecule has 1 aromatic carbocycles. The summed E-state index contributed by atoms with van der Waals surface area (Å²) in [7, 11) is 0. The predicted octanol–water partition coefficient (Wildman–Crippen LogP) is 3.32. The van der Waals surface area contributed by atoms with Gasteiger partial charge in [-0.25, -0.2) is 0 Å². The number of nitrogens with one attached hydrogen (secondary N) is 1. The Morgan fingerprint density at radius 3 is 2.96 bits per heavy atom. The minimum absolute atomic E-state index is 0.133. The van der Waals surface area contributed by atoms with Gasteiger partial charge in [-0.2, -0.15) is 0 Å². The van der Waals surface area contributed by atoms with E-state index in [0.29, 0.717) is 6.54 Å². The highest BCUT2D eigenvalue weighted by molar-refractivity contribution is 7.99. The number of hydrogen-bond donors (Lipinski definition) is 1. The van der Waals surface area contributed by atoms with Gasteiger partial charge in [0.1, 0.15) is 0 Å². The number of nitrogens with zero attached hydrogens (tertiary/aromatic N) is 1. The monoisotopic (exact) mass is 346 g/mol. The summed E-state index contributed by atoms with van der Waals surface area (Å²) in [4.78, 5) is 17.0. The maximum Gasteiger partial charge on any atom is 0.234 e.